The molecular formula is C13H11FN2O3. The van der Waals surface area contributed by atoms with E-state index in [0.29, 0.717) is 17.0 Å². The molecule has 2 aromatic rings. The normalized spacial score (nSPS) is 10.2. The monoisotopic (exact) mass is 262 g/mol. The zero-order valence-electron chi connectivity index (χ0n) is 9.88. The molecule has 0 heterocycles. The van der Waals surface area contributed by atoms with Crippen LogP contribution in [0.2, 0.25) is 0 Å². The fourth-order valence-corrected chi connectivity index (χ4v) is 1.59. The first-order valence-electron chi connectivity index (χ1n) is 5.47. The van der Waals surface area contributed by atoms with Crippen LogP contribution in [0.5, 0.6) is 5.75 Å². The zero-order chi connectivity index (χ0) is 13.8. The van der Waals surface area contributed by atoms with Crippen molar-refractivity contribution in [2.45, 2.75) is 6.61 Å². The van der Waals surface area contributed by atoms with E-state index in [0.717, 1.165) is 6.07 Å². The summed E-state index contributed by atoms with van der Waals surface area (Å²) in [7, 11) is 0. The van der Waals surface area contributed by atoms with Gasteiger partial charge in [-0.3, -0.25) is 10.1 Å². The first-order chi connectivity index (χ1) is 9.04. The average molecular weight is 262 g/mol. The number of hydrogen-bond acceptors (Lipinski definition) is 4. The van der Waals surface area contributed by atoms with Gasteiger partial charge < -0.3 is 10.5 Å². The fourth-order valence-electron chi connectivity index (χ4n) is 1.59. The van der Waals surface area contributed by atoms with Crippen LogP contribution in [0, 0.1) is 15.9 Å². The number of nitrogens with two attached hydrogens (primary N) is 1. The summed E-state index contributed by atoms with van der Waals surface area (Å²) in [6, 6.07) is 10.1. The summed E-state index contributed by atoms with van der Waals surface area (Å²) in [5.74, 6) is -0.146. The molecule has 0 aliphatic rings. The molecular weight excluding hydrogens is 251 g/mol. The predicted octanol–water partition coefficient (Wildman–Crippen LogP) is 2.90. The van der Waals surface area contributed by atoms with Crippen molar-refractivity contribution in [1.82, 2.24) is 0 Å². The highest BCUT2D eigenvalue weighted by Gasteiger charge is 2.10. The minimum absolute atomic E-state index is 0.0298. The largest absolute Gasteiger partial charge is 0.489 e. The van der Waals surface area contributed by atoms with Gasteiger partial charge in [0.05, 0.1) is 11.0 Å². The Labute approximate surface area is 108 Å². The maximum absolute atomic E-state index is 13.2. The summed E-state index contributed by atoms with van der Waals surface area (Å²) < 4.78 is 18.6. The molecule has 0 saturated carbocycles. The van der Waals surface area contributed by atoms with Crippen LogP contribution in [0.3, 0.4) is 0 Å². The number of nitro benzene ring substituents is 1. The number of benzene rings is 2. The van der Waals surface area contributed by atoms with E-state index >= 15 is 0 Å². The molecule has 0 spiro atoms. The van der Waals surface area contributed by atoms with Crippen LogP contribution in [0.15, 0.2) is 42.5 Å². The van der Waals surface area contributed by atoms with E-state index in [1.54, 1.807) is 24.3 Å². The van der Waals surface area contributed by atoms with E-state index < -0.39 is 10.7 Å². The molecule has 0 atom stereocenters. The first-order valence-corrected chi connectivity index (χ1v) is 5.47. The van der Waals surface area contributed by atoms with Crippen molar-refractivity contribution in [3.63, 3.8) is 0 Å². The van der Waals surface area contributed by atoms with Gasteiger partial charge >= 0.3 is 0 Å². The van der Waals surface area contributed by atoms with Gasteiger partial charge in [0.15, 0.2) is 0 Å². The van der Waals surface area contributed by atoms with Gasteiger partial charge in [-0.05, 0) is 23.8 Å². The van der Waals surface area contributed by atoms with E-state index in [9.17, 15) is 14.5 Å². The molecule has 0 radical (unpaired) electrons. The van der Waals surface area contributed by atoms with Crippen LogP contribution in [0.25, 0.3) is 0 Å². The predicted molar refractivity (Wildman–Crippen MR) is 68.2 cm³/mol. The third kappa shape index (κ3) is 3.41. The second-order valence-corrected chi connectivity index (χ2v) is 3.94. The Morgan fingerprint density at radius 1 is 1.26 bits per heavy atom. The van der Waals surface area contributed by atoms with Crippen molar-refractivity contribution in [1.29, 1.82) is 0 Å². The summed E-state index contributed by atoms with van der Waals surface area (Å²) in [6.07, 6.45) is 0. The third-order valence-corrected chi connectivity index (χ3v) is 2.42. The maximum Gasteiger partial charge on any atom is 0.272 e. The van der Waals surface area contributed by atoms with Crippen LogP contribution in [-0.2, 0) is 6.61 Å². The van der Waals surface area contributed by atoms with Crippen LogP contribution in [0.1, 0.15) is 5.56 Å². The molecule has 2 aromatic carbocycles. The number of hydrogen-bond donors (Lipinski definition) is 1. The Kier molecular flexibility index (Phi) is 3.61. The van der Waals surface area contributed by atoms with E-state index in [2.05, 4.69) is 0 Å². The molecule has 98 valence electrons. The fraction of sp³-hybridized carbons (Fsp3) is 0.0769. The Hall–Kier alpha value is -2.63. The number of anilines is 1. The number of non-ortho nitro benzene ring substituents is 1. The molecule has 6 heteroatoms. The first kappa shape index (κ1) is 12.8. The Bertz CT molecular complexity index is 617. The van der Waals surface area contributed by atoms with Gasteiger partial charge in [-0.2, -0.15) is 0 Å². The van der Waals surface area contributed by atoms with Gasteiger partial charge in [-0.25, -0.2) is 4.39 Å². The standard InChI is InChI=1S/C13H11FN2O3/c14-10-4-9(5-12(6-10)16(17)18)8-19-13-3-1-2-11(15)7-13/h1-7H,8,15H2. The second kappa shape index (κ2) is 5.34. The summed E-state index contributed by atoms with van der Waals surface area (Å²) in [6.45, 7) is 0.0298. The molecule has 5 nitrogen and oxygen atoms in total. The van der Waals surface area contributed by atoms with E-state index in [-0.39, 0.29) is 12.3 Å². The highest BCUT2D eigenvalue weighted by Crippen LogP contribution is 2.19. The summed E-state index contributed by atoms with van der Waals surface area (Å²) in [5, 5.41) is 10.6. The Morgan fingerprint density at radius 2 is 2.05 bits per heavy atom. The van der Waals surface area contributed by atoms with Crippen molar-refractivity contribution >= 4 is 11.4 Å². The lowest BCUT2D eigenvalue weighted by atomic mass is 10.2. The summed E-state index contributed by atoms with van der Waals surface area (Å²) >= 11 is 0. The molecule has 0 aliphatic heterocycles. The number of nitrogen functional groups attached to an aromatic ring is 1. The second-order valence-electron chi connectivity index (χ2n) is 3.94. The molecule has 0 amide bonds. The molecule has 2 N–H and O–H groups in total. The van der Waals surface area contributed by atoms with Crippen molar-refractivity contribution < 1.29 is 14.1 Å². The SMILES string of the molecule is Nc1cccc(OCc2cc(F)cc([N+](=O)[O-])c2)c1. The van der Waals surface area contributed by atoms with Gasteiger partial charge in [-0.15, -0.1) is 0 Å². The van der Waals surface area contributed by atoms with E-state index in [4.69, 9.17) is 10.5 Å². The molecule has 2 rings (SSSR count). The van der Waals surface area contributed by atoms with Gasteiger partial charge in [-0.1, -0.05) is 6.07 Å². The van der Waals surface area contributed by atoms with E-state index in [1.165, 1.54) is 12.1 Å². The Balaban J connectivity index is 2.13. The molecule has 19 heavy (non-hydrogen) atoms. The summed E-state index contributed by atoms with van der Waals surface area (Å²) in [4.78, 5) is 9.96. The topological polar surface area (TPSA) is 78.4 Å². The van der Waals surface area contributed by atoms with Gasteiger partial charge in [0.2, 0.25) is 0 Å². The van der Waals surface area contributed by atoms with Gasteiger partial charge in [0.1, 0.15) is 18.2 Å². The smallest absolute Gasteiger partial charge is 0.272 e. The lowest BCUT2D eigenvalue weighted by Gasteiger charge is -2.07. The summed E-state index contributed by atoms with van der Waals surface area (Å²) in [5.41, 5.74) is 6.21. The highest BCUT2D eigenvalue weighted by molar-refractivity contribution is 5.43. The number of nitrogens with zero attached hydrogens (tertiary/aromatic N) is 1. The van der Waals surface area contributed by atoms with Gasteiger partial charge in [0.25, 0.3) is 5.69 Å². The van der Waals surface area contributed by atoms with Crippen LogP contribution >= 0.6 is 0 Å². The van der Waals surface area contributed by atoms with Crippen LogP contribution in [0.4, 0.5) is 15.8 Å². The van der Waals surface area contributed by atoms with Crippen molar-refractivity contribution in [3.05, 3.63) is 64.0 Å². The number of nitro groups is 1. The molecule has 0 aromatic heterocycles. The minimum atomic E-state index is -0.666. The highest BCUT2D eigenvalue weighted by atomic mass is 19.1. The average Bonchev–Trinajstić information content (AvgIpc) is 2.36. The lowest BCUT2D eigenvalue weighted by Crippen LogP contribution is -1.98. The molecule has 0 aliphatic carbocycles. The van der Waals surface area contributed by atoms with Crippen molar-refractivity contribution in [2.75, 3.05) is 5.73 Å². The van der Waals surface area contributed by atoms with Crippen molar-refractivity contribution in [3.8, 4) is 5.75 Å². The lowest BCUT2D eigenvalue weighted by molar-refractivity contribution is -0.385. The molecule has 0 fully saturated rings. The number of rotatable bonds is 4. The van der Waals surface area contributed by atoms with Crippen LogP contribution in [-0.4, -0.2) is 4.92 Å². The minimum Gasteiger partial charge on any atom is -0.489 e. The van der Waals surface area contributed by atoms with Crippen LogP contribution < -0.4 is 10.5 Å². The maximum atomic E-state index is 13.2. The van der Waals surface area contributed by atoms with Gasteiger partial charge in [0, 0.05) is 17.8 Å². The number of halogens is 1. The Morgan fingerprint density at radius 3 is 2.74 bits per heavy atom. The third-order valence-electron chi connectivity index (χ3n) is 2.42. The molecule has 0 unspecified atom stereocenters. The van der Waals surface area contributed by atoms with Crippen molar-refractivity contribution in [2.24, 2.45) is 0 Å². The van der Waals surface area contributed by atoms with E-state index in [1.807, 2.05) is 0 Å². The molecule has 0 saturated heterocycles. The molecule has 0 bridgehead atoms. The number of ether oxygens (including phenoxy) is 1. The quantitative estimate of drug-likeness (QED) is 0.522. The zero-order valence-corrected chi connectivity index (χ0v) is 9.88.